The Hall–Kier alpha value is -0.820. The van der Waals surface area contributed by atoms with E-state index in [0.717, 1.165) is 6.20 Å². The van der Waals surface area contributed by atoms with Gasteiger partial charge in [0.05, 0.1) is 5.56 Å². The second-order valence-electron chi connectivity index (χ2n) is 2.71. The van der Waals surface area contributed by atoms with Crippen LogP contribution in [0.25, 0.3) is 0 Å². The molecule has 1 aromatic heterocycles. The Labute approximate surface area is 88.3 Å². The average molecular weight is 260 g/mol. The molecule has 0 spiro atoms. The van der Waals surface area contributed by atoms with E-state index in [1.807, 2.05) is 0 Å². The Morgan fingerprint density at radius 2 is 2.00 bits per heavy atom. The number of hydrogen-bond donors (Lipinski definition) is 0. The van der Waals surface area contributed by atoms with Crippen LogP contribution in [0.2, 0.25) is 0 Å². The van der Waals surface area contributed by atoms with Crippen molar-refractivity contribution in [1.29, 1.82) is 0 Å². The Kier molecular flexibility index (Phi) is 3.25. The van der Waals surface area contributed by atoms with E-state index in [9.17, 15) is 21.6 Å². The second-order valence-corrected chi connectivity index (χ2v) is 5.19. The molecule has 0 atom stereocenters. The van der Waals surface area contributed by atoms with Crippen LogP contribution in [-0.4, -0.2) is 13.4 Å². The molecule has 0 radical (unpaired) electrons. The van der Waals surface area contributed by atoms with Crippen molar-refractivity contribution in [3.8, 4) is 0 Å². The molecule has 15 heavy (non-hydrogen) atoms. The zero-order valence-corrected chi connectivity index (χ0v) is 8.91. The molecule has 0 aromatic carbocycles. The zero-order chi connectivity index (χ0) is 11.8. The van der Waals surface area contributed by atoms with Crippen molar-refractivity contribution in [3.63, 3.8) is 0 Å². The fourth-order valence-corrected chi connectivity index (χ4v) is 1.83. The van der Waals surface area contributed by atoms with Crippen LogP contribution in [-0.2, 0) is 9.05 Å². The van der Waals surface area contributed by atoms with Crippen LogP contribution in [0.15, 0.2) is 11.2 Å². The van der Waals surface area contributed by atoms with Gasteiger partial charge in [-0.05, 0) is 12.5 Å². The SMILES string of the molecule is Cc1cnc(S(=O)(=O)Cl)c(F)c1C(F)F. The predicted molar refractivity (Wildman–Crippen MR) is 46.9 cm³/mol. The van der Waals surface area contributed by atoms with Crippen molar-refractivity contribution < 1.29 is 21.6 Å². The minimum Gasteiger partial charge on any atom is -0.241 e. The van der Waals surface area contributed by atoms with Gasteiger partial charge in [-0.15, -0.1) is 0 Å². The van der Waals surface area contributed by atoms with Crippen LogP contribution in [0.4, 0.5) is 13.2 Å². The van der Waals surface area contributed by atoms with Crippen molar-refractivity contribution in [1.82, 2.24) is 4.98 Å². The molecular formula is C7H5ClF3NO2S. The number of pyridine rings is 1. The topological polar surface area (TPSA) is 47.0 Å². The first-order valence-electron chi connectivity index (χ1n) is 3.63. The Morgan fingerprint density at radius 1 is 1.47 bits per heavy atom. The van der Waals surface area contributed by atoms with E-state index < -0.39 is 31.9 Å². The van der Waals surface area contributed by atoms with Gasteiger partial charge in [-0.25, -0.2) is 26.6 Å². The second kappa shape index (κ2) is 3.97. The number of nitrogens with zero attached hydrogens (tertiary/aromatic N) is 1. The zero-order valence-electron chi connectivity index (χ0n) is 7.34. The third-order valence-corrected chi connectivity index (χ3v) is 2.86. The molecule has 0 N–H and O–H groups in total. The molecule has 1 aromatic rings. The van der Waals surface area contributed by atoms with Gasteiger partial charge in [-0.3, -0.25) is 0 Å². The highest BCUT2D eigenvalue weighted by atomic mass is 35.7. The van der Waals surface area contributed by atoms with Gasteiger partial charge in [0.2, 0.25) is 5.03 Å². The van der Waals surface area contributed by atoms with Gasteiger partial charge in [-0.2, -0.15) is 0 Å². The number of hydrogen-bond acceptors (Lipinski definition) is 3. The summed E-state index contributed by atoms with van der Waals surface area (Å²) in [6, 6.07) is 0. The molecule has 0 aliphatic carbocycles. The number of halogens is 4. The molecule has 84 valence electrons. The smallest absolute Gasteiger partial charge is 0.241 e. The average Bonchev–Trinajstić information content (AvgIpc) is 2.00. The highest BCUT2D eigenvalue weighted by molar-refractivity contribution is 8.13. The van der Waals surface area contributed by atoms with Crippen LogP contribution >= 0.6 is 10.7 Å². The van der Waals surface area contributed by atoms with Gasteiger partial charge in [0, 0.05) is 16.9 Å². The van der Waals surface area contributed by atoms with E-state index in [2.05, 4.69) is 4.98 Å². The Balaban J connectivity index is 3.56. The Morgan fingerprint density at radius 3 is 2.40 bits per heavy atom. The summed E-state index contributed by atoms with van der Waals surface area (Å²) in [5.74, 6) is -1.60. The number of alkyl halides is 2. The van der Waals surface area contributed by atoms with Gasteiger partial charge in [0.25, 0.3) is 15.5 Å². The van der Waals surface area contributed by atoms with Gasteiger partial charge in [-0.1, -0.05) is 0 Å². The van der Waals surface area contributed by atoms with E-state index in [4.69, 9.17) is 10.7 Å². The summed E-state index contributed by atoms with van der Waals surface area (Å²) in [6.45, 7) is 1.20. The number of rotatable bonds is 2. The standard InChI is InChI=1S/C7H5ClF3NO2S/c1-3-2-12-7(15(8,13)14)5(9)4(3)6(10)11/h2,6H,1H3. The maximum atomic E-state index is 13.3. The summed E-state index contributed by atoms with van der Waals surface area (Å²) in [7, 11) is 0.364. The molecule has 0 aliphatic heterocycles. The highest BCUT2D eigenvalue weighted by Gasteiger charge is 2.26. The van der Waals surface area contributed by atoms with Crippen molar-refractivity contribution in [2.24, 2.45) is 0 Å². The lowest BCUT2D eigenvalue weighted by atomic mass is 10.1. The molecule has 0 saturated heterocycles. The first-order valence-corrected chi connectivity index (χ1v) is 5.94. The van der Waals surface area contributed by atoms with Gasteiger partial charge in [0.1, 0.15) is 0 Å². The van der Waals surface area contributed by atoms with Crippen molar-refractivity contribution >= 4 is 19.7 Å². The van der Waals surface area contributed by atoms with Crippen LogP contribution in [0, 0.1) is 12.7 Å². The third kappa shape index (κ3) is 2.40. The van der Waals surface area contributed by atoms with Crippen LogP contribution < -0.4 is 0 Å². The van der Waals surface area contributed by atoms with E-state index in [-0.39, 0.29) is 5.56 Å². The molecular weight excluding hydrogens is 255 g/mol. The third-order valence-electron chi connectivity index (χ3n) is 1.67. The molecule has 0 fully saturated rings. The fraction of sp³-hybridized carbons (Fsp3) is 0.286. The van der Waals surface area contributed by atoms with Gasteiger partial charge >= 0.3 is 0 Å². The van der Waals surface area contributed by atoms with Gasteiger partial charge in [0.15, 0.2) is 5.82 Å². The maximum absolute atomic E-state index is 13.3. The van der Waals surface area contributed by atoms with E-state index >= 15 is 0 Å². The monoisotopic (exact) mass is 259 g/mol. The van der Waals surface area contributed by atoms with E-state index in [0.29, 0.717) is 0 Å². The largest absolute Gasteiger partial charge is 0.281 e. The summed E-state index contributed by atoms with van der Waals surface area (Å²) in [5.41, 5.74) is -1.13. The molecule has 0 aliphatic rings. The molecule has 0 bridgehead atoms. The molecule has 0 unspecified atom stereocenters. The van der Waals surface area contributed by atoms with Crippen LogP contribution in [0.3, 0.4) is 0 Å². The van der Waals surface area contributed by atoms with E-state index in [1.165, 1.54) is 6.92 Å². The normalized spacial score (nSPS) is 12.1. The summed E-state index contributed by atoms with van der Waals surface area (Å²) in [4.78, 5) is 3.16. The molecule has 1 heterocycles. The lowest BCUT2D eigenvalue weighted by Crippen LogP contribution is -2.05. The number of aryl methyl sites for hydroxylation is 1. The molecule has 8 heteroatoms. The van der Waals surface area contributed by atoms with Crippen LogP contribution in [0.5, 0.6) is 0 Å². The molecule has 0 saturated carbocycles. The minimum atomic E-state index is -4.45. The highest BCUT2D eigenvalue weighted by Crippen LogP contribution is 2.29. The molecule has 3 nitrogen and oxygen atoms in total. The lowest BCUT2D eigenvalue weighted by molar-refractivity contribution is 0.144. The first kappa shape index (κ1) is 12.3. The summed E-state index contributed by atoms with van der Waals surface area (Å²) in [6.07, 6.45) is -2.29. The summed E-state index contributed by atoms with van der Waals surface area (Å²) >= 11 is 0. The first-order chi connectivity index (χ1) is 6.75. The lowest BCUT2D eigenvalue weighted by Gasteiger charge is -2.07. The summed E-state index contributed by atoms with van der Waals surface area (Å²) < 4.78 is 59.5. The Bertz CT molecular complexity index is 489. The molecule has 1 rings (SSSR count). The summed E-state index contributed by atoms with van der Waals surface area (Å²) in [5, 5.41) is -1.18. The quantitative estimate of drug-likeness (QED) is 0.766. The number of aromatic nitrogens is 1. The van der Waals surface area contributed by atoms with E-state index in [1.54, 1.807) is 0 Å². The van der Waals surface area contributed by atoms with Gasteiger partial charge < -0.3 is 0 Å². The fourth-order valence-electron chi connectivity index (χ4n) is 1.01. The van der Waals surface area contributed by atoms with Crippen LogP contribution in [0.1, 0.15) is 17.6 Å². The van der Waals surface area contributed by atoms with Crippen molar-refractivity contribution in [2.45, 2.75) is 18.4 Å². The minimum absolute atomic E-state index is 0.133. The maximum Gasteiger partial charge on any atom is 0.281 e. The molecule has 0 amide bonds. The predicted octanol–water partition coefficient (Wildman–Crippen LogP) is 2.39. The van der Waals surface area contributed by atoms with Crippen molar-refractivity contribution in [2.75, 3.05) is 0 Å². The van der Waals surface area contributed by atoms with Crippen molar-refractivity contribution in [3.05, 3.63) is 23.1 Å².